The summed E-state index contributed by atoms with van der Waals surface area (Å²) in [5.41, 5.74) is 1.78. The summed E-state index contributed by atoms with van der Waals surface area (Å²) in [6.07, 6.45) is 3.26. The molecule has 3 aliphatic rings. The molecule has 0 bridgehead atoms. The average Bonchev–Trinajstić information content (AvgIpc) is 3.55. The quantitative estimate of drug-likeness (QED) is 0.621. The minimum absolute atomic E-state index is 0.184. The molecular formula is C25H36ClN3O4. The van der Waals surface area contributed by atoms with Gasteiger partial charge in [-0.2, -0.15) is 0 Å². The Balaban J connectivity index is 1.22. The second-order valence-corrected chi connectivity index (χ2v) is 10.8. The molecule has 1 aromatic rings. The zero-order valence-electron chi connectivity index (χ0n) is 20.2. The number of halogens is 1. The predicted octanol–water partition coefficient (Wildman–Crippen LogP) is 3.92. The molecule has 1 aliphatic carbocycles. The molecule has 182 valence electrons. The zero-order valence-corrected chi connectivity index (χ0v) is 21.0. The number of piperazine rings is 1. The number of benzene rings is 1. The monoisotopic (exact) mass is 477 g/mol. The van der Waals surface area contributed by atoms with Crippen molar-refractivity contribution >= 4 is 23.6 Å². The third kappa shape index (κ3) is 5.93. The van der Waals surface area contributed by atoms with Crippen molar-refractivity contribution in [1.29, 1.82) is 0 Å². The number of nitrogens with zero attached hydrogens (tertiary/aromatic N) is 3. The Labute approximate surface area is 201 Å². The van der Waals surface area contributed by atoms with Crippen molar-refractivity contribution in [1.82, 2.24) is 14.7 Å². The maximum Gasteiger partial charge on any atom is 0.410 e. The van der Waals surface area contributed by atoms with E-state index >= 15 is 0 Å². The minimum Gasteiger partial charge on any atom is -0.496 e. The minimum atomic E-state index is -0.469. The largest absolute Gasteiger partial charge is 0.496 e. The zero-order chi connectivity index (χ0) is 23.8. The highest BCUT2D eigenvalue weighted by Crippen LogP contribution is 2.45. The van der Waals surface area contributed by atoms with Crippen LogP contribution < -0.4 is 4.74 Å². The maximum absolute atomic E-state index is 12.9. The number of ether oxygens (including phenoxy) is 2. The molecular weight excluding hydrogens is 442 g/mol. The number of hydrogen-bond acceptors (Lipinski definition) is 5. The van der Waals surface area contributed by atoms with Gasteiger partial charge in [-0.1, -0.05) is 17.7 Å². The molecule has 2 heterocycles. The average molecular weight is 478 g/mol. The number of aryl methyl sites for hydroxylation is 1. The Hall–Kier alpha value is -1.99. The molecule has 0 aromatic heterocycles. The van der Waals surface area contributed by atoms with Crippen LogP contribution in [0.1, 0.15) is 57.1 Å². The van der Waals surface area contributed by atoms with E-state index in [9.17, 15) is 9.59 Å². The lowest BCUT2D eigenvalue weighted by Gasteiger charge is -2.48. The molecule has 2 saturated heterocycles. The van der Waals surface area contributed by atoms with Gasteiger partial charge in [0.15, 0.2) is 0 Å². The van der Waals surface area contributed by atoms with Crippen LogP contribution in [0.4, 0.5) is 4.79 Å². The fourth-order valence-corrected chi connectivity index (χ4v) is 4.92. The van der Waals surface area contributed by atoms with E-state index in [2.05, 4.69) is 11.0 Å². The Morgan fingerprint density at radius 2 is 1.73 bits per heavy atom. The highest BCUT2D eigenvalue weighted by molar-refractivity contribution is 6.31. The summed E-state index contributed by atoms with van der Waals surface area (Å²) in [6, 6.07) is 4.39. The molecule has 4 rings (SSSR count). The van der Waals surface area contributed by atoms with E-state index in [0.717, 1.165) is 42.5 Å². The van der Waals surface area contributed by atoms with Gasteiger partial charge in [-0.05, 0) is 63.1 Å². The molecule has 33 heavy (non-hydrogen) atoms. The van der Waals surface area contributed by atoms with Gasteiger partial charge in [-0.15, -0.1) is 0 Å². The fourth-order valence-electron chi connectivity index (χ4n) is 4.61. The van der Waals surface area contributed by atoms with Crippen molar-refractivity contribution in [3.05, 3.63) is 28.3 Å². The second kappa shape index (κ2) is 9.71. The summed E-state index contributed by atoms with van der Waals surface area (Å²) in [5, 5.41) is 0.766. The molecule has 1 aromatic carbocycles. The summed E-state index contributed by atoms with van der Waals surface area (Å²) in [5.74, 6) is 1.51. The molecule has 1 saturated carbocycles. The van der Waals surface area contributed by atoms with Crippen LogP contribution in [0.5, 0.6) is 5.75 Å². The van der Waals surface area contributed by atoms with Crippen LogP contribution in [0.15, 0.2) is 12.1 Å². The number of rotatable bonds is 6. The van der Waals surface area contributed by atoms with Crippen molar-refractivity contribution < 1.29 is 19.1 Å². The van der Waals surface area contributed by atoms with E-state index in [0.29, 0.717) is 37.9 Å². The van der Waals surface area contributed by atoms with Crippen LogP contribution in [-0.2, 0) is 16.0 Å². The molecule has 0 unspecified atom stereocenters. The normalized spacial score (nSPS) is 19.9. The first-order valence-electron chi connectivity index (χ1n) is 12.0. The lowest BCUT2D eigenvalue weighted by atomic mass is 10.0. The highest BCUT2D eigenvalue weighted by Gasteiger charge is 2.38. The van der Waals surface area contributed by atoms with Crippen molar-refractivity contribution in [3.63, 3.8) is 0 Å². The first-order valence-corrected chi connectivity index (χ1v) is 12.4. The Morgan fingerprint density at radius 1 is 1.06 bits per heavy atom. The molecule has 0 N–H and O–H groups in total. The summed E-state index contributed by atoms with van der Waals surface area (Å²) < 4.78 is 11.0. The molecule has 8 heteroatoms. The van der Waals surface area contributed by atoms with Gasteiger partial charge in [0.2, 0.25) is 5.91 Å². The third-order valence-corrected chi connectivity index (χ3v) is 7.05. The van der Waals surface area contributed by atoms with Crippen LogP contribution in [0.25, 0.3) is 0 Å². The SMILES string of the molecule is COc1cc(Cl)c(C2CC2)cc1CCC(=O)N1CCN(C2CN(C(=O)OC(C)(C)C)C2)CC1. The van der Waals surface area contributed by atoms with E-state index in [4.69, 9.17) is 21.1 Å². The van der Waals surface area contributed by atoms with Gasteiger partial charge < -0.3 is 19.3 Å². The summed E-state index contributed by atoms with van der Waals surface area (Å²) in [6.45, 7) is 10.2. The first kappa shape index (κ1) is 24.1. The molecule has 2 amide bonds. The van der Waals surface area contributed by atoms with Crippen molar-refractivity contribution in [2.45, 2.75) is 64.0 Å². The lowest BCUT2D eigenvalue weighted by molar-refractivity contribution is -0.133. The first-order chi connectivity index (χ1) is 15.6. The predicted molar refractivity (Wildman–Crippen MR) is 128 cm³/mol. The van der Waals surface area contributed by atoms with Crippen LogP contribution in [-0.4, -0.2) is 84.7 Å². The van der Waals surface area contributed by atoms with Gasteiger partial charge in [-0.3, -0.25) is 9.69 Å². The number of methoxy groups -OCH3 is 1. The standard InChI is InChI=1S/C25H36ClN3O4/c1-25(2,3)33-24(31)29-15-19(16-29)27-9-11-28(12-10-27)23(30)8-7-18-13-20(17-5-6-17)21(26)14-22(18)32-4/h13-14,17,19H,5-12,15-16H2,1-4H3. The third-order valence-electron chi connectivity index (χ3n) is 6.72. The molecule has 2 aliphatic heterocycles. The van der Waals surface area contributed by atoms with Gasteiger partial charge in [-0.25, -0.2) is 4.79 Å². The fraction of sp³-hybridized carbons (Fsp3) is 0.680. The number of amides is 2. The smallest absolute Gasteiger partial charge is 0.410 e. The lowest BCUT2D eigenvalue weighted by Crippen LogP contribution is -2.64. The van der Waals surface area contributed by atoms with E-state index in [1.54, 1.807) is 12.0 Å². The maximum atomic E-state index is 12.9. The molecule has 0 atom stereocenters. The van der Waals surface area contributed by atoms with E-state index in [1.165, 1.54) is 18.4 Å². The number of hydrogen-bond donors (Lipinski definition) is 0. The Kier molecular flexibility index (Phi) is 7.10. The number of carbonyl (C=O) groups is 2. The topological polar surface area (TPSA) is 62.3 Å². The van der Waals surface area contributed by atoms with Crippen LogP contribution >= 0.6 is 11.6 Å². The Morgan fingerprint density at radius 3 is 2.30 bits per heavy atom. The highest BCUT2D eigenvalue weighted by atomic mass is 35.5. The van der Waals surface area contributed by atoms with Crippen LogP contribution in [0.2, 0.25) is 5.02 Å². The van der Waals surface area contributed by atoms with Gasteiger partial charge in [0.1, 0.15) is 11.4 Å². The van der Waals surface area contributed by atoms with E-state index in [-0.39, 0.29) is 12.0 Å². The van der Waals surface area contributed by atoms with Gasteiger partial charge in [0.25, 0.3) is 0 Å². The summed E-state index contributed by atoms with van der Waals surface area (Å²) in [7, 11) is 1.65. The van der Waals surface area contributed by atoms with Crippen molar-refractivity contribution in [2.24, 2.45) is 0 Å². The second-order valence-electron chi connectivity index (χ2n) is 10.4. The van der Waals surface area contributed by atoms with Crippen molar-refractivity contribution in [3.8, 4) is 5.75 Å². The van der Waals surface area contributed by atoms with Gasteiger partial charge >= 0.3 is 6.09 Å². The van der Waals surface area contributed by atoms with Crippen LogP contribution in [0.3, 0.4) is 0 Å². The summed E-state index contributed by atoms with van der Waals surface area (Å²) >= 11 is 6.42. The summed E-state index contributed by atoms with van der Waals surface area (Å²) in [4.78, 5) is 31.1. The van der Waals surface area contributed by atoms with E-state index in [1.807, 2.05) is 31.7 Å². The Bertz CT molecular complexity index is 882. The van der Waals surface area contributed by atoms with Gasteiger partial charge in [0, 0.05) is 56.8 Å². The molecule has 0 radical (unpaired) electrons. The molecule has 7 nitrogen and oxygen atoms in total. The molecule has 0 spiro atoms. The van der Waals surface area contributed by atoms with Crippen LogP contribution in [0, 0.1) is 0 Å². The van der Waals surface area contributed by atoms with Gasteiger partial charge in [0.05, 0.1) is 7.11 Å². The molecule has 3 fully saturated rings. The number of likely N-dealkylation sites (tertiary alicyclic amines) is 1. The number of carbonyl (C=O) groups excluding carboxylic acids is 2. The van der Waals surface area contributed by atoms with E-state index < -0.39 is 5.60 Å². The van der Waals surface area contributed by atoms with Crippen molar-refractivity contribution in [2.75, 3.05) is 46.4 Å².